The first-order valence-electron chi connectivity index (χ1n) is 9.49. The molecular weight excluding hydrogens is 340 g/mol. The smallest absolute Gasteiger partial charge is 0.341 e. The second kappa shape index (κ2) is 8.77. The lowest BCUT2D eigenvalue weighted by Gasteiger charge is -2.20. The van der Waals surface area contributed by atoms with Crippen LogP contribution in [-0.2, 0) is 4.74 Å². The van der Waals surface area contributed by atoms with Crippen LogP contribution in [0.25, 0.3) is 21.8 Å². The molecule has 3 rings (SSSR count). The van der Waals surface area contributed by atoms with Gasteiger partial charge in [-0.3, -0.25) is 9.97 Å². The summed E-state index contributed by atoms with van der Waals surface area (Å²) in [6.45, 7) is 10.0. The first-order chi connectivity index (χ1) is 13.2. The Hall–Kier alpha value is -2.73. The normalized spacial score (nSPS) is 11.3. The zero-order chi connectivity index (χ0) is 19.2. The molecule has 0 amide bonds. The summed E-state index contributed by atoms with van der Waals surface area (Å²) >= 11 is 0. The molecule has 6 heteroatoms. The van der Waals surface area contributed by atoms with Gasteiger partial charge in [0, 0.05) is 36.3 Å². The van der Waals surface area contributed by atoms with Crippen molar-refractivity contribution in [2.75, 3.05) is 38.1 Å². The summed E-state index contributed by atoms with van der Waals surface area (Å²) in [5, 5.41) is 5.35. The molecule has 0 aliphatic heterocycles. The van der Waals surface area contributed by atoms with Gasteiger partial charge in [-0.25, -0.2) is 4.79 Å². The minimum Gasteiger partial charge on any atom is -0.462 e. The van der Waals surface area contributed by atoms with Gasteiger partial charge < -0.3 is 15.0 Å². The largest absolute Gasteiger partial charge is 0.462 e. The van der Waals surface area contributed by atoms with Gasteiger partial charge in [0.05, 0.1) is 23.3 Å². The molecule has 2 aromatic heterocycles. The minimum absolute atomic E-state index is 0.328. The topological polar surface area (TPSA) is 67.3 Å². The SMILES string of the molecule is CCOC(=O)c1cnc2c(ccc3cccnc32)c1NCCN(CC)CC. The molecule has 0 atom stereocenters. The van der Waals surface area contributed by atoms with Gasteiger partial charge in [0.25, 0.3) is 0 Å². The monoisotopic (exact) mass is 366 g/mol. The fourth-order valence-corrected chi connectivity index (χ4v) is 3.23. The van der Waals surface area contributed by atoms with Crippen LogP contribution in [-0.4, -0.2) is 53.6 Å². The first-order valence-corrected chi connectivity index (χ1v) is 9.49. The van der Waals surface area contributed by atoms with E-state index < -0.39 is 0 Å². The summed E-state index contributed by atoms with van der Waals surface area (Å²) in [6, 6.07) is 7.92. The van der Waals surface area contributed by atoms with Crippen LogP contribution in [0.3, 0.4) is 0 Å². The maximum Gasteiger partial charge on any atom is 0.341 e. The van der Waals surface area contributed by atoms with E-state index in [4.69, 9.17) is 4.74 Å². The average molecular weight is 366 g/mol. The van der Waals surface area contributed by atoms with Crippen LogP contribution < -0.4 is 5.32 Å². The predicted octanol–water partition coefficient (Wildman–Crippen LogP) is 3.71. The molecule has 0 saturated heterocycles. The average Bonchev–Trinajstić information content (AvgIpc) is 2.71. The number of fused-ring (bicyclic) bond motifs is 3. The van der Waals surface area contributed by atoms with E-state index >= 15 is 0 Å². The lowest BCUT2D eigenvalue weighted by Crippen LogP contribution is -2.29. The molecule has 6 nitrogen and oxygen atoms in total. The maximum absolute atomic E-state index is 12.5. The third-order valence-corrected chi connectivity index (χ3v) is 4.73. The van der Waals surface area contributed by atoms with Crippen molar-refractivity contribution in [3.05, 3.63) is 42.2 Å². The number of hydrogen-bond donors (Lipinski definition) is 1. The molecule has 2 heterocycles. The molecular formula is C21H26N4O2. The van der Waals surface area contributed by atoms with Gasteiger partial charge in [-0.1, -0.05) is 26.0 Å². The second-order valence-corrected chi connectivity index (χ2v) is 6.26. The number of nitrogens with zero attached hydrogens (tertiary/aromatic N) is 3. The van der Waals surface area contributed by atoms with Crippen LogP contribution in [0, 0.1) is 0 Å². The fraction of sp³-hybridized carbons (Fsp3) is 0.381. The Labute approximate surface area is 159 Å². The van der Waals surface area contributed by atoms with Gasteiger partial charge in [-0.15, -0.1) is 0 Å². The van der Waals surface area contributed by atoms with Crippen LogP contribution in [0.1, 0.15) is 31.1 Å². The van der Waals surface area contributed by atoms with Crippen molar-refractivity contribution in [1.82, 2.24) is 14.9 Å². The lowest BCUT2D eigenvalue weighted by molar-refractivity contribution is 0.0527. The van der Waals surface area contributed by atoms with Crippen LogP contribution in [0.2, 0.25) is 0 Å². The molecule has 0 radical (unpaired) electrons. The number of pyridine rings is 2. The fourth-order valence-electron chi connectivity index (χ4n) is 3.23. The van der Waals surface area contributed by atoms with E-state index in [0.29, 0.717) is 12.2 Å². The van der Waals surface area contributed by atoms with Gasteiger partial charge >= 0.3 is 5.97 Å². The highest BCUT2D eigenvalue weighted by Gasteiger charge is 2.18. The first kappa shape index (κ1) is 19.0. The number of rotatable bonds is 8. The molecule has 142 valence electrons. The number of carbonyl (C=O) groups is 1. The van der Waals surface area contributed by atoms with E-state index in [1.165, 1.54) is 0 Å². The molecule has 0 aliphatic rings. The number of likely N-dealkylation sites (N-methyl/N-ethyl adjacent to an activating group) is 1. The number of nitrogens with one attached hydrogen (secondary N) is 1. The molecule has 0 spiro atoms. The third kappa shape index (κ3) is 4.01. The van der Waals surface area contributed by atoms with E-state index in [2.05, 4.69) is 34.0 Å². The molecule has 0 saturated carbocycles. The zero-order valence-electron chi connectivity index (χ0n) is 16.2. The van der Waals surface area contributed by atoms with E-state index in [1.807, 2.05) is 24.3 Å². The van der Waals surface area contributed by atoms with Crippen LogP contribution in [0.15, 0.2) is 36.7 Å². The Morgan fingerprint density at radius 3 is 2.67 bits per heavy atom. The van der Waals surface area contributed by atoms with Gasteiger partial charge in [-0.05, 0) is 32.1 Å². The predicted molar refractivity (Wildman–Crippen MR) is 109 cm³/mol. The van der Waals surface area contributed by atoms with Gasteiger partial charge in [0.15, 0.2) is 0 Å². The van der Waals surface area contributed by atoms with Crippen molar-refractivity contribution < 1.29 is 9.53 Å². The Balaban J connectivity index is 2.05. The quantitative estimate of drug-likeness (QED) is 0.484. The minimum atomic E-state index is -0.363. The number of benzene rings is 1. The van der Waals surface area contributed by atoms with Crippen LogP contribution in [0.4, 0.5) is 5.69 Å². The Bertz CT molecular complexity index is 938. The van der Waals surface area contributed by atoms with Gasteiger partial charge in [0.1, 0.15) is 5.56 Å². The van der Waals surface area contributed by atoms with Gasteiger partial charge in [-0.2, -0.15) is 0 Å². The molecule has 0 bridgehead atoms. The molecule has 0 fully saturated rings. The number of carbonyl (C=O) groups excluding carboxylic acids is 1. The number of aromatic nitrogens is 2. The third-order valence-electron chi connectivity index (χ3n) is 4.73. The zero-order valence-corrected chi connectivity index (χ0v) is 16.2. The Morgan fingerprint density at radius 1 is 1.11 bits per heavy atom. The molecule has 1 aromatic carbocycles. The number of esters is 1. The standard InChI is InChI=1S/C21H26N4O2/c1-4-25(5-2)13-12-23-19-16-10-9-15-8-7-11-22-18(15)20(16)24-14-17(19)21(26)27-6-3/h7-11,14H,4-6,12-13H2,1-3H3,(H,23,24). The van der Waals surface area contributed by atoms with E-state index in [0.717, 1.165) is 53.7 Å². The highest BCUT2D eigenvalue weighted by atomic mass is 16.5. The van der Waals surface area contributed by atoms with Crippen molar-refractivity contribution in [1.29, 1.82) is 0 Å². The summed E-state index contributed by atoms with van der Waals surface area (Å²) < 4.78 is 5.23. The summed E-state index contributed by atoms with van der Waals surface area (Å²) in [6.07, 6.45) is 3.35. The molecule has 1 N–H and O–H groups in total. The molecule has 0 unspecified atom stereocenters. The van der Waals surface area contributed by atoms with Crippen molar-refractivity contribution in [2.24, 2.45) is 0 Å². The van der Waals surface area contributed by atoms with Crippen molar-refractivity contribution in [2.45, 2.75) is 20.8 Å². The molecule has 0 aliphatic carbocycles. The van der Waals surface area contributed by atoms with E-state index in [9.17, 15) is 4.79 Å². The summed E-state index contributed by atoms with van der Waals surface area (Å²) in [4.78, 5) is 23.8. The summed E-state index contributed by atoms with van der Waals surface area (Å²) in [5.41, 5.74) is 2.83. The maximum atomic E-state index is 12.5. The Morgan fingerprint density at radius 2 is 1.93 bits per heavy atom. The van der Waals surface area contributed by atoms with Crippen LogP contribution >= 0.6 is 0 Å². The van der Waals surface area contributed by atoms with Gasteiger partial charge in [0.2, 0.25) is 0 Å². The van der Waals surface area contributed by atoms with Crippen LogP contribution in [0.5, 0.6) is 0 Å². The second-order valence-electron chi connectivity index (χ2n) is 6.26. The van der Waals surface area contributed by atoms with Crippen molar-refractivity contribution in [3.63, 3.8) is 0 Å². The number of hydrogen-bond acceptors (Lipinski definition) is 6. The molecule has 3 aromatic rings. The van der Waals surface area contributed by atoms with E-state index in [1.54, 1.807) is 19.3 Å². The van der Waals surface area contributed by atoms with Crippen molar-refractivity contribution >= 4 is 33.5 Å². The highest BCUT2D eigenvalue weighted by molar-refractivity contribution is 6.11. The highest BCUT2D eigenvalue weighted by Crippen LogP contribution is 2.30. The summed E-state index contributed by atoms with van der Waals surface area (Å²) in [7, 11) is 0. The number of anilines is 1. The summed E-state index contributed by atoms with van der Waals surface area (Å²) in [5.74, 6) is -0.363. The lowest BCUT2D eigenvalue weighted by atomic mass is 10.1. The molecule has 27 heavy (non-hydrogen) atoms. The Kier molecular flexibility index (Phi) is 6.19. The van der Waals surface area contributed by atoms with E-state index in [-0.39, 0.29) is 5.97 Å². The van der Waals surface area contributed by atoms with Crippen molar-refractivity contribution in [3.8, 4) is 0 Å². The number of ether oxygens (including phenoxy) is 1.